The number of carbonyl (C=O) groups excluding carboxylic acids is 1. The molecule has 208 valence electrons. The molecule has 0 bridgehead atoms. The number of benzene rings is 3. The number of rotatable bonds is 9. The number of nitrogens with zero attached hydrogens (tertiary/aromatic N) is 1. The molecule has 3 aromatic carbocycles. The minimum absolute atomic E-state index is 0.0239. The Morgan fingerprint density at radius 1 is 0.821 bits per heavy atom. The number of sulfonamides is 2. The molecule has 1 aliphatic rings. The summed E-state index contributed by atoms with van der Waals surface area (Å²) < 4.78 is 66.4. The van der Waals surface area contributed by atoms with Crippen LogP contribution in [0.5, 0.6) is 11.5 Å². The van der Waals surface area contributed by atoms with Gasteiger partial charge in [0.1, 0.15) is 11.5 Å². The summed E-state index contributed by atoms with van der Waals surface area (Å²) in [5.74, 6) is 0.307. The van der Waals surface area contributed by atoms with E-state index in [0.29, 0.717) is 35.8 Å². The summed E-state index contributed by atoms with van der Waals surface area (Å²) in [6.45, 7) is 2.65. The third-order valence-electron chi connectivity index (χ3n) is 6.48. The fourth-order valence-corrected chi connectivity index (χ4v) is 6.88. The van der Waals surface area contributed by atoms with Gasteiger partial charge >= 0.3 is 0 Å². The molecule has 0 saturated carbocycles. The SMILES string of the molecule is COc1ccc(NS(=O)(=O)c2ccc(NC(=O)c3cc(S(=O)(=O)N4CCCCC4)ccc3C)cc2)c(OC)c1. The Kier molecular flexibility index (Phi) is 8.48. The first-order chi connectivity index (χ1) is 18.5. The van der Waals surface area contributed by atoms with Crippen molar-refractivity contribution in [2.45, 2.75) is 36.0 Å². The van der Waals surface area contributed by atoms with Crippen LogP contribution in [-0.2, 0) is 20.0 Å². The number of aryl methyl sites for hydroxylation is 1. The Morgan fingerprint density at radius 3 is 2.13 bits per heavy atom. The van der Waals surface area contributed by atoms with Crippen LogP contribution in [0.25, 0.3) is 0 Å². The minimum atomic E-state index is -3.96. The second-order valence-corrected chi connectivity index (χ2v) is 12.7. The molecule has 1 fully saturated rings. The molecule has 0 radical (unpaired) electrons. The first-order valence-electron chi connectivity index (χ1n) is 12.3. The van der Waals surface area contributed by atoms with Gasteiger partial charge in [-0.15, -0.1) is 0 Å². The largest absolute Gasteiger partial charge is 0.497 e. The number of nitrogens with one attached hydrogen (secondary N) is 2. The molecule has 3 aromatic rings. The van der Waals surface area contributed by atoms with Crippen LogP contribution >= 0.6 is 0 Å². The van der Waals surface area contributed by atoms with Crippen molar-refractivity contribution in [3.8, 4) is 11.5 Å². The predicted molar refractivity (Wildman–Crippen MR) is 149 cm³/mol. The van der Waals surface area contributed by atoms with Gasteiger partial charge in [0.15, 0.2) is 0 Å². The van der Waals surface area contributed by atoms with E-state index in [1.807, 2.05) is 0 Å². The molecule has 0 aromatic heterocycles. The molecule has 2 N–H and O–H groups in total. The van der Waals surface area contributed by atoms with Gasteiger partial charge in [0, 0.05) is 30.4 Å². The summed E-state index contributed by atoms with van der Waals surface area (Å²) in [7, 11) is -4.74. The lowest BCUT2D eigenvalue weighted by atomic mass is 10.1. The Morgan fingerprint density at radius 2 is 1.49 bits per heavy atom. The fraction of sp³-hybridized carbons (Fsp3) is 0.296. The third-order valence-corrected chi connectivity index (χ3v) is 9.76. The highest BCUT2D eigenvalue weighted by molar-refractivity contribution is 7.92. The van der Waals surface area contributed by atoms with Gasteiger partial charge in [0.2, 0.25) is 10.0 Å². The second kappa shape index (κ2) is 11.6. The molecule has 4 rings (SSSR count). The summed E-state index contributed by atoms with van der Waals surface area (Å²) in [6, 6.07) is 14.9. The number of hydrogen-bond donors (Lipinski definition) is 2. The molecule has 1 saturated heterocycles. The van der Waals surface area contributed by atoms with Crippen LogP contribution in [0.3, 0.4) is 0 Å². The van der Waals surface area contributed by atoms with Gasteiger partial charge in [-0.2, -0.15) is 4.31 Å². The van der Waals surface area contributed by atoms with Gasteiger partial charge in [-0.25, -0.2) is 16.8 Å². The zero-order valence-corrected chi connectivity index (χ0v) is 23.6. The molecular formula is C27H31N3O7S2. The van der Waals surface area contributed by atoms with E-state index in [-0.39, 0.29) is 21.0 Å². The van der Waals surface area contributed by atoms with E-state index >= 15 is 0 Å². The summed E-state index contributed by atoms with van der Waals surface area (Å²) in [5.41, 5.74) is 1.43. The average Bonchev–Trinajstić information content (AvgIpc) is 2.94. The molecule has 0 unspecified atom stereocenters. The van der Waals surface area contributed by atoms with Crippen LogP contribution in [0.4, 0.5) is 11.4 Å². The highest BCUT2D eigenvalue weighted by Gasteiger charge is 2.27. The van der Waals surface area contributed by atoms with Crippen LogP contribution < -0.4 is 19.5 Å². The average molecular weight is 574 g/mol. The summed E-state index contributed by atoms with van der Waals surface area (Å²) >= 11 is 0. The van der Waals surface area contributed by atoms with Gasteiger partial charge in [0.25, 0.3) is 15.9 Å². The van der Waals surface area contributed by atoms with Gasteiger partial charge in [-0.3, -0.25) is 9.52 Å². The maximum absolute atomic E-state index is 13.1. The molecule has 1 aliphatic heterocycles. The molecule has 1 heterocycles. The zero-order valence-electron chi connectivity index (χ0n) is 21.9. The van der Waals surface area contributed by atoms with Crippen LogP contribution in [0.15, 0.2) is 70.5 Å². The van der Waals surface area contributed by atoms with Crippen molar-refractivity contribution < 1.29 is 31.1 Å². The van der Waals surface area contributed by atoms with Crippen LogP contribution in [-0.4, -0.2) is 54.4 Å². The number of ether oxygens (including phenoxy) is 2. The summed E-state index contributed by atoms with van der Waals surface area (Å²) in [5, 5.41) is 2.72. The van der Waals surface area contributed by atoms with Gasteiger partial charge in [0.05, 0.1) is 29.7 Å². The Hall–Kier alpha value is -3.61. The van der Waals surface area contributed by atoms with Gasteiger partial charge in [-0.1, -0.05) is 12.5 Å². The fourth-order valence-electron chi connectivity index (χ4n) is 4.26. The van der Waals surface area contributed by atoms with E-state index in [2.05, 4.69) is 10.0 Å². The molecule has 0 aliphatic carbocycles. The van der Waals surface area contributed by atoms with E-state index in [1.54, 1.807) is 25.1 Å². The Bertz CT molecular complexity index is 1570. The topological polar surface area (TPSA) is 131 Å². The van der Waals surface area contributed by atoms with Crippen molar-refractivity contribution in [1.82, 2.24) is 4.31 Å². The molecular weight excluding hydrogens is 542 g/mol. The quantitative estimate of drug-likeness (QED) is 0.391. The normalized spacial score (nSPS) is 14.4. The predicted octanol–water partition coefficient (Wildman–Crippen LogP) is 4.24. The lowest BCUT2D eigenvalue weighted by Gasteiger charge is -2.26. The van der Waals surface area contributed by atoms with Crippen LogP contribution in [0.1, 0.15) is 35.2 Å². The van der Waals surface area contributed by atoms with E-state index in [1.165, 1.54) is 61.0 Å². The zero-order chi connectivity index (χ0) is 28.2. The van der Waals surface area contributed by atoms with E-state index in [9.17, 15) is 21.6 Å². The number of piperidine rings is 1. The molecule has 0 atom stereocenters. The summed E-state index contributed by atoms with van der Waals surface area (Å²) in [4.78, 5) is 13.1. The molecule has 10 nitrogen and oxygen atoms in total. The van der Waals surface area contributed by atoms with Crippen molar-refractivity contribution in [2.75, 3.05) is 37.3 Å². The first-order valence-corrected chi connectivity index (χ1v) is 15.2. The lowest BCUT2D eigenvalue weighted by molar-refractivity contribution is 0.102. The van der Waals surface area contributed by atoms with Crippen molar-refractivity contribution in [3.05, 3.63) is 71.8 Å². The minimum Gasteiger partial charge on any atom is -0.497 e. The van der Waals surface area contributed by atoms with E-state index in [4.69, 9.17) is 9.47 Å². The van der Waals surface area contributed by atoms with Crippen molar-refractivity contribution in [1.29, 1.82) is 0 Å². The maximum Gasteiger partial charge on any atom is 0.262 e. The lowest BCUT2D eigenvalue weighted by Crippen LogP contribution is -2.35. The van der Waals surface area contributed by atoms with Gasteiger partial charge in [-0.05, 0) is 73.9 Å². The molecule has 12 heteroatoms. The number of hydrogen-bond acceptors (Lipinski definition) is 7. The maximum atomic E-state index is 13.1. The molecule has 39 heavy (non-hydrogen) atoms. The standard InChI is InChI=1S/C27H31N3O7S2/c1-19-7-11-23(39(34,35)30-15-5-4-6-16-30)18-24(19)27(31)28-20-8-12-22(13-9-20)38(32,33)29-25-14-10-21(36-2)17-26(25)37-3/h7-14,17-18,29H,4-6,15-16H2,1-3H3,(H,28,31). The number of amides is 1. The number of carbonyl (C=O) groups is 1. The van der Waals surface area contributed by atoms with E-state index in [0.717, 1.165) is 19.3 Å². The van der Waals surface area contributed by atoms with Crippen molar-refractivity contribution in [3.63, 3.8) is 0 Å². The third kappa shape index (κ3) is 6.35. The van der Waals surface area contributed by atoms with Crippen LogP contribution in [0.2, 0.25) is 0 Å². The smallest absolute Gasteiger partial charge is 0.262 e. The monoisotopic (exact) mass is 573 g/mol. The van der Waals surface area contributed by atoms with Crippen molar-refractivity contribution in [2.24, 2.45) is 0 Å². The second-order valence-electron chi connectivity index (χ2n) is 9.09. The molecule has 1 amide bonds. The van der Waals surface area contributed by atoms with Crippen LogP contribution in [0, 0.1) is 6.92 Å². The van der Waals surface area contributed by atoms with Crippen molar-refractivity contribution >= 4 is 37.3 Å². The first kappa shape index (κ1) is 28.4. The Balaban J connectivity index is 1.50. The highest BCUT2D eigenvalue weighted by atomic mass is 32.2. The van der Waals surface area contributed by atoms with Gasteiger partial charge < -0.3 is 14.8 Å². The summed E-state index contributed by atoms with van der Waals surface area (Å²) in [6.07, 6.45) is 2.63. The number of methoxy groups -OCH3 is 2. The Labute approximate surface area is 229 Å². The van der Waals surface area contributed by atoms with E-state index < -0.39 is 26.0 Å². The highest BCUT2D eigenvalue weighted by Crippen LogP contribution is 2.31. The molecule has 0 spiro atoms. The number of anilines is 2.